The van der Waals surface area contributed by atoms with Crippen LogP contribution in [0.15, 0.2) is 6.20 Å². The summed E-state index contributed by atoms with van der Waals surface area (Å²) in [5.41, 5.74) is 7.59. The minimum atomic E-state index is 0.263. The molecule has 1 heterocycles. The summed E-state index contributed by atoms with van der Waals surface area (Å²) in [6.45, 7) is 4.55. The van der Waals surface area contributed by atoms with E-state index in [1.165, 1.54) is 18.1 Å². The van der Waals surface area contributed by atoms with E-state index < -0.39 is 0 Å². The molecule has 0 aromatic carbocycles. The van der Waals surface area contributed by atoms with E-state index >= 15 is 0 Å². The molecule has 1 aliphatic rings. The first-order valence-electron chi connectivity index (χ1n) is 4.61. The van der Waals surface area contributed by atoms with E-state index in [0.717, 1.165) is 12.1 Å². The van der Waals surface area contributed by atoms with Crippen LogP contribution in [0.3, 0.4) is 0 Å². The summed E-state index contributed by atoms with van der Waals surface area (Å²) in [7, 11) is 0. The van der Waals surface area contributed by atoms with E-state index in [0.29, 0.717) is 11.3 Å². The minimum absolute atomic E-state index is 0.263. The Morgan fingerprint density at radius 2 is 2.46 bits per heavy atom. The lowest BCUT2D eigenvalue weighted by Gasteiger charge is -2.11. The van der Waals surface area contributed by atoms with Gasteiger partial charge in [0.15, 0.2) is 0 Å². The molecule has 3 nitrogen and oxygen atoms in total. The summed E-state index contributed by atoms with van der Waals surface area (Å²) in [6.07, 6.45) is 3.95. The Balaban J connectivity index is 1.90. The van der Waals surface area contributed by atoms with Crippen LogP contribution >= 0.6 is 11.7 Å². The van der Waals surface area contributed by atoms with Crippen molar-refractivity contribution in [3.05, 3.63) is 11.9 Å². The monoisotopic (exact) mass is 197 g/mol. The second kappa shape index (κ2) is 3.03. The Hall–Kier alpha value is -0.480. The number of hydrogen-bond donors (Lipinski definition) is 1. The van der Waals surface area contributed by atoms with Gasteiger partial charge in [0, 0.05) is 12.5 Å². The molecule has 0 aliphatic heterocycles. The van der Waals surface area contributed by atoms with Gasteiger partial charge in [-0.25, -0.2) is 0 Å². The summed E-state index contributed by atoms with van der Waals surface area (Å²) in [4.78, 5) is 0. The first-order valence-corrected chi connectivity index (χ1v) is 5.34. The molecule has 1 fully saturated rings. The van der Waals surface area contributed by atoms with Gasteiger partial charge in [-0.2, -0.15) is 8.75 Å². The summed E-state index contributed by atoms with van der Waals surface area (Å²) < 4.78 is 8.13. The first kappa shape index (κ1) is 9.09. The Morgan fingerprint density at radius 1 is 1.77 bits per heavy atom. The van der Waals surface area contributed by atoms with Gasteiger partial charge in [-0.1, -0.05) is 13.8 Å². The first-order chi connectivity index (χ1) is 6.09. The average molecular weight is 197 g/mol. The Morgan fingerprint density at radius 3 is 2.92 bits per heavy atom. The fourth-order valence-electron chi connectivity index (χ4n) is 1.90. The summed E-state index contributed by atoms with van der Waals surface area (Å²) in [5, 5.41) is 0. The van der Waals surface area contributed by atoms with Crippen molar-refractivity contribution in [1.82, 2.24) is 8.75 Å². The Bertz CT molecular complexity index is 281. The molecule has 0 amide bonds. The lowest BCUT2D eigenvalue weighted by atomic mass is 10.0. The van der Waals surface area contributed by atoms with Crippen LogP contribution in [-0.2, 0) is 6.42 Å². The predicted octanol–water partition coefficient (Wildman–Crippen LogP) is 1.45. The third-order valence-corrected chi connectivity index (χ3v) is 3.47. The fraction of sp³-hybridized carbons (Fsp3) is 0.778. The van der Waals surface area contributed by atoms with Gasteiger partial charge in [0.25, 0.3) is 0 Å². The highest BCUT2D eigenvalue weighted by Gasteiger charge is 2.48. The normalized spacial score (nSPS) is 27.2. The van der Waals surface area contributed by atoms with Crippen molar-refractivity contribution in [2.45, 2.75) is 32.7 Å². The molecule has 1 saturated carbocycles. The molecule has 72 valence electrons. The van der Waals surface area contributed by atoms with Gasteiger partial charge in [0.1, 0.15) is 0 Å². The molecule has 1 aliphatic carbocycles. The van der Waals surface area contributed by atoms with Crippen molar-refractivity contribution in [1.29, 1.82) is 0 Å². The van der Waals surface area contributed by atoms with Gasteiger partial charge in [0.2, 0.25) is 0 Å². The number of nitrogens with two attached hydrogens (primary N) is 1. The zero-order valence-electron chi connectivity index (χ0n) is 8.03. The van der Waals surface area contributed by atoms with Crippen LogP contribution in [0.4, 0.5) is 0 Å². The van der Waals surface area contributed by atoms with Crippen molar-refractivity contribution in [3.63, 3.8) is 0 Å². The van der Waals surface area contributed by atoms with Crippen molar-refractivity contribution in [2.24, 2.45) is 17.1 Å². The van der Waals surface area contributed by atoms with Gasteiger partial charge in [-0.15, -0.1) is 0 Å². The van der Waals surface area contributed by atoms with Crippen LogP contribution in [0.5, 0.6) is 0 Å². The standard InChI is InChI=1S/C9H15N3S/c1-9(2)4-7(9)8(10)3-6-5-11-13-12-6/h5,7-8H,3-4,10H2,1-2H3. The molecule has 2 N–H and O–H groups in total. The molecule has 1 aromatic heterocycles. The van der Waals surface area contributed by atoms with Crippen LogP contribution in [0.2, 0.25) is 0 Å². The van der Waals surface area contributed by atoms with E-state index in [9.17, 15) is 0 Å². The molecule has 1 aromatic rings. The van der Waals surface area contributed by atoms with Crippen LogP contribution in [0.25, 0.3) is 0 Å². The molecule has 2 rings (SSSR count). The molecular formula is C9H15N3S. The Kier molecular flexibility index (Phi) is 2.12. The van der Waals surface area contributed by atoms with Gasteiger partial charge >= 0.3 is 0 Å². The topological polar surface area (TPSA) is 51.8 Å². The Labute approximate surface area is 82.7 Å². The van der Waals surface area contributed by atoms with Crippen molar-refractivity contribution < 1.29 is 0 Å². The van der Waals surface area contributed by atoms with Crippen LogP contribution < -0.4 is 5.73 Å². The summed E-state index contributed by atoms with van der Waals surface area (Å²) >= 11 is 1.26. The average Bonchev–Trinajstić information content (AvgIpc) is 2.49. The number of aromatic nitrogens is 2. The molecule has 0 saturated heterocycles. The zero-order chi connectivity index (χ0) is 9.47. The molecule has 4 heteroatoms. The number of rotatable bonds is 3. The van der Waals surface area contributed by atoms with Crippen LogP contribution in [0, 0.1) is 11.3 Å². The third-order valence-electron chi connectivity index (χ3n) is 2.96. The molecule has 0 spiro atoms. The molecule has 2 unspecified atom stereocenters. The molecule has 2 atom stereocenters. The highest BCUT2D eigenvalue weighted by Crippen LogP contribution is 2.53. The van der Waals surface area contributed by atoms with Crippen LogP contribution in [0.1, 0.15) is 26.0 Å². The smallest absolute Gasteiger partial charge is 0.0758 e. The lowest BCUT2D eigenvalue weighted by molar-refractivity contribution is 0.474. The predicted molar refractivity (Wildman–Crippen MR) is 53.5 cm³/mol. The van der Waals surface area contributed by atoms with E-state index in [4.69, 9.17) is 5.73 Å². The van der Waals surface area contributed by atoms with E-state index in [2.05, 4.69) is 22.6 Å². The van der Waals surface area contributed by atoms with Crippen molar-refractivity contribution in [3.8, 4) is 0 Å². The van der Waals surface area contributed by atoms with Crippen molar-refractivity contribution in [2.75, 3.05) is 0 Å². The molecule has 0 radical (unpaired) electrons. The molecule has 0 bridgehead atoms. The highest BCUT2D eigenvalue weighted by molar-refractivity contribution is 6.99. The minimum Gasteiger partial charge on any atom is -0.327 e. The largest absolute Gasteiger partial charge is 0.327 e. The highest BCUT2D eigenvalue weighted by atomic mass is 32.1. The number of nitrogens with zero attached hydrogens (tertiary/aromatic N) is 2. The lowest BCUT2D eigenvalue weighted by Crippen LogP contribution is -2.27. The van der Waals surface area contributed by atoms with Crippen LogP contribution in [-0.4, -0.2) is 14.8 Å². The maximum atomic E-state index is 6.08. The maximum Gasteiger partial charge on any atom is 0.0758 e. The quantitative estimate of drug-likeness (QED) is 0.798. The van der Waals surface area contributed by atoms with E-state index in [1.807, 2.05) is 6.20 Å². The van der Waals surface area contributed by atoms with Gasteiger partial charge in [0.05, 0.1) is 23.6 Å². The zero-order valence-corrected chi connectivity index (χ0v) is 8.84. The summed E-state index contributed by atoms with van der Waals surface area (Å²) in [6, 6.07) is 0.263. The molecular weight excluding hydrogens is 182 g/mol. The van der Waals surface area contributed by atoms with E-state index in [1.54, 1.807) is 0 Å². The summed E-state index contributed by atoms with van der Waals surface area (Å²) in [5.74, 6) is 0.675. The third kappa shape index (κ3) is 1.89. The maximum absolute atomic E-state index is 6.08. The second-order valence-corrected chi connectivity index (χ2v) is 5.12. The van der Waals surface area contributed by atoms with Gasteiger partial charge < -0.3 is 5.73 Å². The van der Waals surface area contributed by atoms with Crippen molar-refractivity contribution >= 4 is 11.7 Å². The fourth-order valence-corrected chi connectivity index (χ4v) is 2.34. The van der Waals surface area contributed by atoms with Gasteiger partial charge in [-0.05, 0) is 17.8 Å². The second-order valence-electron chi connectivity index (χ2n) is 4.57. The van der Waals surface area contributed by atoms with Gasteiger partial charge in [-0.3, -0.25) is 0 Å². The number of hydrogen-bond acceptors (Lipinski definition) is 4. The van der Waals surface area contributed by atoms with E-state index in [-0.39, 0.29) is 6.04 Å². The molecule has 13 heavy (non-hydrogen) atoms. The SMILES string of the molecule is CC1(C)CC1C(N)Cc1cnsn1.